The van der Waals surface area contributed by atoms with E-state index in [9.17, 15) is 4.79 Å². The zero-order valence-corrected chi connectivity index (χ0v) is 13.8. The molecule has 2 aromatic rings. The normalized spacial score (nSPS) is 11.9. The maximum absolute atomic E-state index is 12.0. The number of halogens is 1. The predicted octanol–water partition coefficient (Wildman–Crippen LogP) is 3.36. The highest BCUT2D eigenvalue weighted by Gasteiger charge is 2.12. The van der Waals surface area contributed by atoms with Gasteiger partial charge in [0.25, 0.3) is 0 Å². The summed E-state index contributed by atoms with van der Waals surface area (Å²) in [5.41, 5.74) is 8.56. The number of nitrogens with one attached hydrogen (secondary N) is 1. The number of para-hydroxylation sites is 1. The summed E-state index contributed by atoms with van der Waals surface area (Å²) in [6.07, 6.45) is 0.820. The van der Waals surface area contributed by atoms with E-state index in [1.165, 1.54) is 0 Å². The fraction of sp³-hybridized carbons (Fsp3) is 0.278. The molecule has 122 valence electrons. The van der Waals surface area contributed by atoms with Gasteiger partial charge in [-0.1, -0.05) is 41.9 Å². The molecule has 0 aliphatic rings. The molecule has 1 unspecified atom stereocenters. The van der Waals surface area contributed by atoms with Crippen LogP contribution in [0.2, 0.25) is 5.02 Å². The van der Waals surface area contributed by atoms with Gasteiger partial charge in [-0.15, -0.1) is 0 Å². The molecule has 23 heavy (non-hydrogen) atoms. The summed E-state index contributed by atoms with van der Waals surface area (Å²) in [6.45, 7) is 0.418. The average Bonchev–Trinajstić information content (AvgIpc) is 2.56. The molecule has 0 radical (unpaired) electrons. The van der Waals surface area contributed by atoms with E-state index < -0.39 is 0 Å². The Morgan fingerprint density at radius 3 is 2.57 bits per heavy atom. The summed E-state index contributed by atoms with van der Waals surface area (Å²) >= 11 is 5.88. The monoisotopic (exact) mass is 332 g/mol. The first kappa shape index (κ1) is 17.3. The minimum Gasteiger partial charge on any atom is -0.399 e. The van der Waals surface area contributed by atoms with Crippen LogP contribution in [0.1, 0.15) is 23.7 Å². The second-order valence-electron chi connectivity index (χ2n) is 5.28. The Morgan fingerprint density at radius 2 is 1.91 bits per heavy atom. The van der Waals surface area contributed by atoms with Crippen LogP contribution in [0.15, 0.2) is 48.5 Å². The molecular weight excluding hydrogens is 312 g/mol. The van der Waals surface area contributed by atoms with Crippen molar-refractivity contribution < 1.29 is 9.53 Å². The van der Waals surface area contributed by atoms with E-state index in [1.807, 2.05) is 48.5 Å². The lowest BCUT2D eigenvalue weighted by Crippen LogP contribution is -2.29. The maximum atomic E-state index is 12.0. The summed E-state index contributed by atoms with van der Waals surface area (Å²) in [6, 6.07) is 15.0. The molecule has 1 atom stereocenters. The Labute approximate surface area is 141 Å². The minimum absolute atomic E-state index is 0.0238. The van der Waals surface area contributed by atoms with Crippen molar-refractivity contribution in [1.82, 2.24) is 5.32 Å². The van der Waals surface area contributed by atoms with Crippen LogP contribution in [-0.4, -0.2) is 19.6 Å². The van der Waals surface area contributed by atoms with Gasteiger partial charge in [0.1, 0.15) is 0 Å². The van der Waals surface area contributed by atoms with E-state index >= 15 is 0 Å². The molecule has 0 heterocycles. The second-order valence-corrected chi connectivity index (χ2v) is 5.72. The van der Waals surface area contributed by atoms with Crippen molar-refractivity contribution in [2.45, 2.75) is 18.9 Å². The summed E-state index contributed by atoms with van der Waals surface area (Å²) in [5, 5.41) is 3.57. The van der Waals surface area contributed by atoms with E-state index in [4.69, 9.17) is 22.1 Å². The first-order valence-corrected chi connectivity index (χ1v) is 7.86. The molecule has 5 heteroatoms. The molecule has 2 rings (SSSR count). The summed E-state index contributed by atoms with van der Waals surface area (Å²) in [7, 11) is 1.62. The third-order valence-electron chi connectivity index (χ3n) is 3.69. The summed E-state index contributed by atoms with van der Waals surface area (Å²) in [5.74, 6) is -0.0238. The Balaban J connectivity index is 1.83. The molecule has 0 aliphatic heterocycles. The molecule has 1 amide bonds. The van der Waals surface area contributed by atoms with Gasteiger partial charge < -0.3 is 15.8 Å². The Hall–Kier alpha value is -2.04. The van der Waals surface area contributed by atoms with E-state index in [1.54, 1.807) is 7.11 Å². The molecule has 2 aromatic carbocycles. The van der Waals surface area contributed by atoms with Gasteiger partial charge in [-0.25, -0.2) is 0 Å². The Bertz CT molecular complexity index is 644. The van der Waals surface area contributed by atoms with Crippen LogP contribution in [0.4, 0.5) is 5.69 Å². The van der Waals surface area contributed by atoms with Crippen molar-refractivity contribution in [3.63, 3.8) is 0 Å². The number of hydrogen-bond donors (Lipinski definition) is 2. The first-order chi connectivity index (χ1) is 11.1. The number of ether oxygens (including phenoxy) is 1. The molecule has 0 saturated carbocycles. The number of benzene rings is 2. The van der Waals surface area contributed by atoms with Crippen LogP contribution in [0.25, 0.3) is 0 Å². The molecular formula is C18H21ClN2O2. The zero-order valence-electron chi connectivity index (χ0n) is 13.1. The van der Waals surface area contributed by atoms with E-state index in [2.05, 4.69) is 5.32 Å². The van der Waals surface area contributed by atoms with Gasteiger partial charge in [0.05, 0.1) is 6.10 Å². The van der Waals surface area contributed by atoms with Gasteiger partial charge in [-0.3, -0.25) is 4.79 Å². The van der Waals surface area contributed by atoms with E-state index in [0.29, 0.717) is 24.4 Å². The lowest BCUT2D eigenvalue weighted by Gasteiger charge is -2.16. The number of nitrogen functional groups attached to an aromatic ring is 1. The first-order valence-electron chi connectivity index (χ1n) is 7.48. The molecule has 0 spiro atoms. The van der Waals surface area contributed by atoms with Gasteiger partial charge in [-0.2, -0.15) is 0 Å². The Kier molecular flexibility index (Phi) is 6.44. The topological polar surface area (TPSA) is 64.3 Å². The molecule has 0 bridgehead atoms. The van der Waals surface area contributed by atoms with Gasteiger partial charge in [0.2, 0.25) is 5.91 Å². The number of aryl methyl sites for hydroxylation is 1. The third-order valence-corrected chi connectivity index (χ3v) is 3.94. The largest absolute Gasteiger partial charge is 0.399 e. The minimum atomic E-state index is -0.196. The van der Waals surface area contributed by atoms with E-state index in [-0.39, 0.29) is 12.0 Å². The van der Waals surface area contributed by atoms with Crippen molar-refractivity contribution in [3.8, 4) is 0 Å². The zero-order chi connectivity index (χ0) is 16.7. The van der Waals surface area contributed by atoms with Gasteiger partial charge in [0, 0.05) is 30.8 Å². The number of amides is 1. The number of methoxy groups -OCH3 is 1. The number of rotatable bonds is 7. The van der Waals surface area contributed by atoms with Crippen LogP contribution in [0.3, 0.4) is 0 Å². The van der Waals surface area contributed by atoms with Crippen LogP contribution in [0, 0.1) is 0 Å². The fourth-order valence-electron chi connectivity index (χ4n) is 2.32. The molecule has 4 nitrogen and oxygen atoms in total. The van der Waals surface area contributed by atoms with Crippen LogP contribution in [-0.2, 0) is 16.0 Å². The summed E-state index contributed by atoms with van der Waals surface area (Å²) < 4.78 is 5.43. The lowest BCUT2D eigenvalue weighted by molar-refractivity contribution is -0.121. The van der Waals surface area contributed by atoms with Crippen LogP contribution in [0.5, 0.6) is 0 Å². The maximum Gasteiger partial charge on any atom is 0.220 e. The van der Waals surface area contributed by atoms with Gasteiger partial charge >= 0.3 is 0 Å². The fourth-order valence-corrected chi connectivity index (χ4v) is 2.45. The highest BCUT2D eigenvalue weighted by Crippen LogP contribution is 2.18. The van der Waals surface area contributed by atoms with Gasteiger partial charge in [0.15, 0.2) is 0 Å². The summed E-state index contributed by atoms with van der Waals surface area (Å²) in [4.78, 5) is 12.0. The van der Waals surface area contributed by atoms with Crippen molar-refractivity contribution >= 4 is 23.2 Å². The second kappa shape index (κ2) is 8.56. The molecule has 0 aliphatic carbocycles. The van der Waals surface area contributed by atoms with Crippen molar-refractivity contribution in [3.05, 3.63) is 64.7 Å². The van der Waals surface area contributed by atoms with Crippen molar-refractivity contribution in [2.24, 2.45) is 0 Å². The van der Waals surface area contributed by atoms with Crippen molar-refractivity contribution in [1.29, 1.82) is 0 Å². The third kappa shape index (κ3) is 5.27. The van der Waals surface area contributed by atoms with Gasteiger partial charge in [-0.05, 0) is 35.7 Å². The SMILES string of the molecule is COC(CNC(=O)CCc1ccccc1N)c1ccc(Cl)cc1. The smallest absolute Gasteiger partial charge is 0.220 e. The molecule has 0 aromatic heterocycles. The number of hydrogen-bond acceptors (Lipinski definition) is 3. The quantitative estimate of drug-likeness (QED) is 0.764. The number of anilines is 1. The lowest BCUT2D eigenvalue weighted by atomic mass is 10.1. The molecule has 3 N–H and O–H groups in total. The number of nitrogens with two attached hydrogens (primary N) is 1. The van der Waals surface area contributed by atoms with E-state index in [0.717, 1.165) is 16.8 Å². The highest BCUT2D eigenvalue weighted by molar-refractivity contribution is 6.30. The standard InChI is InChI=1S/C18H21ClN2O2/c1-23-17(14-6-9-15(19)10-7-14)12-21-18(22)11-8-13-4-2-3-5-16(13)20/h2-7,9-10,17H,8,11-12,20H2,1H3,(H,21,22). The number of carbonyl (C=O) groups excluding carboxylic acids is 1. The Morgan fingerprint density at radius 1 is 1.22 bits per heavy atom. The van der Waals surface area contributed by atoms with Crippen molar-refractivity contribution in [2.75, 3.05) is 19.4 Å². The highest BCUT2D eigenvalue weighted by atomic mass is 35.5. The molecule has 0 saturated heterocycles. The van der Waals surface area contributed by atoms with Crippen LogP contribution < -0.4 is 11.1 Å². The number of carbonyl (C=O) groups is 1. The average molecular weight is 333 g/mol. The molecule has 0 fully saturated rings. The predicted molar refractivity (Wildman–Crippen MR) is 93.4 cm³/mol. The van der Waals surface area contributed by atoms with Crippen LogP contribution >= 0.6 is 11.6 Å².